The van der Waals surface area contributed by atoms with Gasteiger partial charge in [0.2, 0.25) is 0 Å². The Bertz CT molecular complexity index is 520. The molecule has 0 saturated heterocycles. The van der Waals surface area contributed by atoms with Crippen LogP contribution in [-0.4, -0.2) is 4.98 Å². The fourth-order valence-corrected chi connectivity index (χ4v) is 1.86. The maximum Gasteiger partial charge on any atom is 0.128 e. The highest BCUT2D eigenvalue weighted by molar-refractivity contribution is 5.49. The van der Waals surface area contributed by atoms with Gasteiger partial charge < -0.3 is 11.5 Å². The van der Waals surface area contributed by atoms with Gasteiger partial charge in [-0.3, -0.25) is 0 Å². The van der Waals surface area contributed by atoms with Crippen molar-refractivity contribution in [3.63, 3.8) is 0 Å². The summed E-state index contributed by atoms with van der Waals surface area (Å²) in [6.45, 7) is 1.91. The maximum absolute atomic E-state index is 13.1. The van der Waals surface area contributed by atoms with Gasteiger partial charge in [0.05, 0.1) is 6.04 Å². The molecule has 1 unspecified atom stereocenters. The third-order valence-electron chi connectivity index (χ3n) is 2.76. The molecule has 0 saturated carbocycles. The number of pyridine rings is 1. The van der Waals surface area contributed by atoms with Crippen LogP contribution in [0.2, 0.25) is 0 Å². The van der Waals surface area contributed by atoms with E-state index in [1.807, 2.05) is 13.0 Å². The summed E-state index contributed by atoms with van der Waals surface area (Å²) in [7, 11) is 0. The van der Waals surface area contributed by atoms with E-state index in [-0.39, 0.29) is 5.82 Å². The molecule has 4 heteroatoms. The molecular formula is C13H14FN3. The second kappa shape index (κ2) is 4.51. The molecule has 2 rings (SSSR count). The molecule has 0 radical (unpaired) electrons. The quantitative estimate of drug-likeness (QED) is 0.832. The van der Waals surface area contributed by atoms with Crippen LogP contribution in [0.4, 0.5) is 10.2 Å². The smallest absolute Gasteiger partial charge is 0.128 e. The third kappa shape index (κ3) is 2.26. The Labute approximate surface area is 99.3 Å². The SMILES string of the molecule is Cc1ccnc(N)c1C(N)c1cccc(F)c1. The van der Waals surface area contributed by atoms with E-state index in [9.17, 15) is 4.39 Å². The van der Waals surface area contributed by atoms with Gasteiger partial charge in [-0.2, -0.15) is 0 Å². The molecule has 1 aromatic carbocycles. The van der Waals surface area contributed by atoms with E-state index in [1.54, 1.807) is 18.3 Å². The number of aryl methyl sites for hydroxylation is 1. The molecule has 0 aliphatic rings. The number of hydrogen-bond acceptors (Lipinski definition) is 3. The summed E-state index contributed by atoms with van der Waals surface area (Å²) in [5.74, 6) is 0.0832. The Hall–Kier alpha value is -1.94. The van der Waals surface area contributed by atoms with Gasteiger partial charge in [-0.25, -0.2) is 9.37 Å². The number of nitrogen functional groups attached to an aromatic ring is 1. The number of halogens is 1. The van der Waals surface area contributed by atoms with Crippen LogP contribution in [0.1, 0.15) is 22.7 Å². The number of nitrogens with zero attached hydrogens (tertiary/aromatic N) is 1. The number of rotatable bonds is 2. The average Bonchev–Trinajstić information content (AvgIpc) is 2.28. The van der Waals surface area contributed by atoms with Crippen LogP contribution in [0.25, 0.3) is 0 Å². The summed E-state index contributed by atoms with van der Waals surface area (Å²) in [5.41, 5.74) is 14.3. The average molecular weight is 231 g/mol. The van der Waals surface area contributed by atoms with Crippen molar-refractivity contribution in [2.24, 2.45) is 5.73 Å². The lowest BCUT2D eigenvalue weighted by Crippen LogP contribution is -2.16. The predicted molar refractivity (Wildman–Crippen MR) is 65.8 cm³/mol. The lowest BCUT2D eigenvalue weighted by molar-refractivity contribution is 0.623. The van der Waals surface area contributed by atoms with E-state index in [0.717, 1.165) is 11.1 Å². The first-order chi connectivity index (χ1) is 8.09. The van der Waals surface area contributed by atoms with Crippen LogP contribution in [0.5, 0.6) is 0 Å². The van der Waals surface area contributed by atoms with E-state index in [0.29, 0.717) is 11.4 Å². The summed E-state index contributed by atoms with van der Waals surface area (Å²) >= 11 is 0. The van der Waals surface area contributed by atoms with E-state index < -0.39 is 6.04 Å². The first-order valence-electron chi connectivity index (χ1n) is 5.31. The Morgan fingerprint density at radius 1 is 1.29 bits per heavy atom. The molecule has 0 spiro atoms. The second-order valence-electron chi connectivity index (χ2n) is 3.96. The highest BCUT2D eigenvalue weighted by atomic mass is 19.1. The fraction of sp³-hybridized carbons (Fsp3) is 0.154. The molecule has 0 fully saturated rings. The summed E-state index contributed by atoms with van der Waals surface area (Å²) in [5, 5.41) is 0. The van der Waals surface area contributed by atoms with Gasteiger partial charge in [-0.15, -0.1) is 0 Å². The standard InChI is InChI=1S/C13H14FN3/c1-8-5-6-17-13(16)11(8)12(15)9-3-2-4-10(14)7-9/h2-7,12H,15H2,1H3,(H2,16,17). The number of hydrogen-bond donors (Lipinski definition) is 2. The van der Waals surface area contributed by atoms with Gasteiger partial charge in [-0.1, -0.05) is 12.1 Å². The maximum atomic E-state index is 13.1. The Kier molecular flexibility index (Phi) is 3.06. The molecule has 0 amide bonds. The van der Waals surface area contributed by atoms with Crippen molar-refractivity contribution in [1.29, 1.82) is 0 Å². The van der Waals surface area contributed by atoms with Crippen LogP contribution in [0.3, 0.4) is 0 Å². The third-order valence-corrected chi connectivity index (χ3v) is 2.76. The molecule has 1 aromatic heterocycles. The Balaban J connectivity index is 2.47. The summed E-state index contributed by atoms with van der Waals surface area (Å²) in [4.78, 5) is 4.01. The van der Waals surface area contributed by atoms with Crippen molar-refractivity contribution in [2.45, 2.75) is 13.0 Å². The molecule has 3 nitrogen and oxygen atoms in total. The number of aromatic nitrogens is 1. The van der Waals surface area contributed by atoms with Crippen molar-refractivity contribution < 1.29 is 4.39 Å². The number of benzene rings is 1. The minimum atomic E-state index is -0.459. The Morgan fingerprint density at radius 2 is 2.06 bits per heavy atom. The topological polar surface area (TPSA) is 64.9 Å². The molecule has 1 heterocycles. The largest absolute Gasteiger partial charge is 0.383 e. The first kappa shape index (κ1) is 11.5. The molecule has 17 heavy (non-hydrogen) atoms. The minimum absolute atomic E-state index is 0.307. The molecule has 0 aliphatic heterocycles. The van der Waals surface area contributed by atoms with Crippen molar-refractivity contribution in [2.75, 3.05) is 5.73 Å². The van der Waals surface area contributed by atoms with Gasteiger partial charge in [-0.05, 0) is 36.2 Å². The molecule has 88 valence electrons. The summed E-state index contributed by atoms with van der Waals surface area (Å²) in [6, 6.07) is 7.59. The van der Waals surface area contributed by atoms with Crippen LogP contribution in [-0.2, 0) is 0 Å². The monoisotopic (exact) mass is 231 g/mol. The molecule has 4 N–H and O–H groups in total. The first-order valence-corrected chi connectivity index (χ1v) is 5.31. The van der Waals surface area contributed by atoms with Gasteiger partial charge in [0.25, 0.3) is 0 Å². The molecule has 0 bridgehead atoms. The van der Waals surface area contributed by atoms with E-state index in [1.165, 1.54) is 12.1 Å². The van der Waals surface area contributed by atoms with Crippen LogP contribution >= 0.6 is 0 Å². The fourth-order valence-electron chi connectivity index (χ4n) is 1.86. The zero-order valence-corrected chi connectivity index (χ0v) is 9.52. The van der Waals surface area contributed by atoms with Gasteiger partial charge >= 0.3 is 0 Å². The van der Waals surface area contributed by atoms with E-state index in [4.69, 9.17) is 11.5 Å². The zero-order valence-electron chi connectivity index (χ0n) is 9.52. The molecular weight excluding hydrogens is 217 g/mol. The van der Waals surface area contributed by atoms with Gasteiger partial charge in [0.15, 0.2) is 0 Å². The van der Waals surface area contributed by atoms with Crippen molar-refractivity contribution >= 4 is 5.82 Å². The normalized spacial score (nSPS) is 12.4. The second-order valence-corrected chi connectivity index (χ2v) is 3.96. The molecule has 2 aromatic rings. The molecule has 0 aliphatic carbocycles. The number of nitrogens with two attached hydrogens (primary N) is 2. The lowest BCUT2D eigenvalue weighted by Gasteiger charge is -2.16. The number of anilines is 1. The van der Waals surface area contributed by atoms with E-state index in [2.05, 4.69) is 4.98 Å². The zero-order chi connectivity index (χ0) is 12.4. The van der Waals surface area contributed by atoms with E-state index >= 15 is 0 Å². The Morgan fingerprint density at radius 3 is 2.71 bits per heavy atom. The highest BCUT2D eigenvalue weighted by Crippen LogP contribution is 2.26. The van der Waals surface area contributed by atoms with Crippen LogP contribution < -0.4 is 11.5 Å². The van der Waals surface area contributed by atoms with Crippen LogP contribution in [0, 0.1) is 12.7 Å². The van der Waals surface area contributed by atoms with Crippen molar-refractivity contribution in [1.82, 2.24) is 4.98 Å². The summed E-state index contributed by atoms with van der Waals surface area (Å²) in [6.07, 6.45) is 1.63. The minimum Gasteiger partial charge on any atom is -0.383 e. The summed E-state index contributed by atoms with van der Waals surface area (Å²) < 4.78 is 13.1. The van der Waals surface area contributed by atoms with Crippen LogP contribution in [0.15, 0.2) is 36.5 Å². The highest BCUT2D eigenvalue weighted by Gasteiger charge is 2.15. The molecule has 1 atom stereocenters. The lowest BCUT2D eigenvalue weighted by atomic mass is 9.96. The van der Waals surface area contributed by atoms with Crippen molar-refractivity contribution in [3.05, 3.63) is 59.0 Å². The predicted octanol–water partition coefficient (Wildman–Crippen LogP) is 2.16. The van der Waals surface area contributed by atoms with Gasteiger partial charge in [0, 0.05) is 11.8 Å². The van der Waals surface area contributed by atoms with Gasteiger partial charge in [0.1, 0.15) is 11.6 Å². The van der Waals surface area contributed by atoms with Crippen molar-refractivity contribution in [3.8, 4) is 0 Å².